The van der Waals surface area contributed by atoms with Gasteiger partial charge >= 0.3 is 0 Å². The van der Waals surface area contributed by atoms with Crippen LogP contribution in [-0.4, -0.2) is 54.1 Å². The predicted octanol–water partition coefficient (Wildman–Crippen LogP) is 2.53. The van der Waals surface area contributed by atoms with Gasteiger partial charge in [0.1, 0.15) is 11.1 Å². The Kier molecular flexibility index (Phi) is 5.04. The number of amides is 2. The molecule has 0 radical (unpaired) electrons. The third-order valence-electron chi connectivity index (χ3n) is 4.63. The minimum absolute atomic E-state index is 0.00262. The van der Waals surface area contributed by atoms with E-state index < -0.39 is 0 Å². The van der Waals surface area contributed by atoms with Crippen molar-refractivity contribution in [3.63, 3.8) is 0 Å². The quantitative estimate of drug-likeness (QED) is 0.793. The van der Waals surface area contributed by atoms with E-state index in [9.17, 15) is 9.59 Å². The number of rotatable bonds is 6. The fourth-order valence-electron chi connectivity index (χ4n) is 2.94. The van der Waals surface area contributed by atoms with Gasteiger partial charge in [0, 0.05) is 26.1 Å². The van der Waals surface area contributed by atoms with Gasteiger partial charge in [0.15, 0.2) is 0 Å². The van der Waals surface area contributed by atoms with Crippen LogP contribution in [0.1, 0.15) is 30.7 Å². The first-order valence-electron chi connectivity index (χ1n) is 8.36. The van der Waals surface area contributed by atoms with Crippen LogP contribution in [0.25, 0.3) is 0 Å². The van der Waals surface area contributed by atoms with Crippen LogP contribution in [-0.2, 0) is 9.59 Å². The molecule has 24 heavy (non-hydrogen) atoms. The number of hydrogen-bond donors (Lipinski definition) is 0. The van der Waals surface area contributed by atoms with Gasteiger partial charge in [0.2, 0.25) is 11.8 Å². The average Bonchev–Trinajstić information content (AvgIpc) is 3.40. The first-order chi connectivity index (χ1) is 11.5. The van der Waals surface area contributed by atoms with Crippen LogP contribution in [0.4, 0.5) is 0 Å². The normalized spacial score (nSPS) is 23.5. The zero-order valence-electron chi connectivity index (χ0n) is 14.4. The van der Waals surface area contributed by atoms with E-state index in [1.165, 1.54) is 0 Å². The van der Waals surface area contributed by atoms with Crippen LogP contribution in [0, 0.1) is 5.92 Å². The van der Waals surface area contributed by atoms with Crippen LogP contribution in [0.2, 0.25) is 0 Å². The number of hydrogen-bond acceptors (Lipinski definition) is 4. The molecule has 0 N–H and O–H groups in total. The highest BCUT2D eigenvalue weighted by molar-refractivity contribution is 8.01. The monoisotopic (exact) mass is 348 g/mol. The third-order valence-corrected chi connectivity index (χ3v) is 6.02. The molecule has 0 spiro atoms. The van der Waals surface area contributed by atoms with Crippen molar-refractivity contribution in [2.24, 2.45) is 5.92 Å². The summed E-state index contributed by atoms with van der Waals surface area (Å²) in [6.07, 6.45) is 2.01. The number of likely N-dealkylation sites (N-methyl/N-ethyl adjacent to an activating group) is 1. The summed E-state index contributed by atoms with van der Waals surface area (Å²) in [5.74, 6) is 1.38. The molecule has 1 saturated heterocycles. The average molecular weight is 348 g/mol. The molecule has 3 rings (SSSR count). The molecule has 1 aliphatic heterocycles. The van der Waals surface area contributed by atoms with Crippen molar-refractivity contribution >= 4 is 23.6 Å². The number of carbonyl (C=O) groups excluding carboxylic acids is 2. The number of ether oxygens (including phenoxy) is 1. The van der Waals surface area contributed by atoms with E-state index >= 15 is 0 Å². The standard InChI is InChI=1S/C18H24N2O3S/c1-12-16(21)20(11-10-19(2)17(22)13-4-5-13)18(24-12)14-6-8-15(23-3)9-7-14/h6-9,12-13,18H,4-5,10-11H2,1-3H3. The Balaban J connectivity index is 1.67. The molecule has 2 amide bonds. The molecule has 0 aromatic heterocycles. The van der Waals surface area contributed by atoms with Gasteiger partial charge in [-0.05, 0) is 37.5 Å². The summed E-state index contributed by atoms with van der Waals surface area (Å²) in [6, 6.07) is 7.86. The highest BCUT2D eigenvalue weighted by Crippen LogP contribution is 2.43. The highest BCUT2D eigenvalue weighted by Gasteiger charge is 2.39. The van der Waals surface area contributed by atoms with Crippen molar-refractivity contribution in [3.05, 3.63) is 29.8 Å². The molecule has 5 nitrogen and oxygen atoms in total. The van der Waals surface area contributed by atoms with Crippen molar-refractivity contribution in [2.45, 2.75) is 30.4 Å². The first-order valence-corrected chi connectivity index (χ1v) is 9.30. The Morgan fingerprint density at radius 3 is 2.58 bits per heavy atom. The van der Waals surface area contributed by atoms with Crippen molar-refractivity contribution in [1.82, 2.24) is 9.80 Å². The Morgan fingerprint density at radius 1 is 1.33 bits per heavy atom. The summed E-state index contributed by atoms with van der Waals surface area (Å²) in [7, 11) is 3.48. The van der Waals surface area contributed by atoms with E-state index in [4.69, 9.17) is 4.74 Å². The largest absolute Gasteiger partial charge is 0.497 e. The lowest BCUT2D eigenvalue weighted by Gasteiger charge is -2.27. The number of benzene rings is 1. The van der Waals surface area contributed by atoms with E-state index in [1.54, 1.807) is 23.8 Å². The van der Waals surface area contributed by atoms with Gasteiger partial charge < -0.3 is 14.5 Å². The molecule has 2 atom stereocenters. The Labute approximate surface area is 147 Å². The molecule has 130 valence electrons. The Morgan fingerprint density at radius 2 is 2.00 bits per heavy atom. The minimum atomic E-state index is -0.0541. The summed E-state index contributed by atoms with van der Waals surface area (Å²) in [6.45, 7) is 3.10. The molecule has 1 heterocycles. The lowest BCUT2D eigenvalue weighted by molar-refractivity contribution is -0.134. The van der Waals surface area contributed by atoms with E-state index in [-0.39, 0.29) is 28.4 Å². The number of carbonyl (C=O) groups is 2. The van der Waals surface area contributed by atoms with E-state index in [0.29, 0.717) is 13.1 Å². The van der Waals surface area contributed by atoms with E-state index in [1.807, 2.05) is 43.1 Å². The summed E-state index contributed by atoms with van der Waals surface area (Å²) >= 11 is 1.66. The SMILES string of the molecule is COc1ccc(C2SC(C)C(=O)N2CCN(C)C(=O)C2CC2)cc1. The van der Waals surface area contributed by atoms with Gasteiger partial charge in [0.05, 0.1) is 12.4 Å². The van der Waals surface area contributed by atoms with Crippen molar-refractivity contribution in [2.75, 3.05) is 27.2 Å². The van der Waals surface area contributed by atoms with Crippen LogP contribution >= 0.6 is 11.8 Å². The van der Waals surface area contributed by atoms with Crippen LogP contribution < -0.4 is 4.74 Å². The summed E-state index contributed by atoms with van der Waals surface area (Å²) in [4.78, 5) is 28.3. The molecule has 1 aromatic carbocycles. The van der Waals surface area contributed by atoms with Gasteiger partial charge in [0.25, 0.3) is 0 Å². The predicted molar refractivity (Wildman–Crippen MR) is 94.9 cm³/mol. The fourth-order valence-corrected chi connectivity index (χ4v) is 4.25. The Bertz CT molecular complexity index is 615. The molecule has 2 unspecified atom stereocenters. The number of methoxy groups -OCH3 is 1. The highest BCUT2D eigenvalue weighted by atomic mass is 32.2. The van der Waals surface area contributed by atoms with Crippen LogP contribution in [0.5, 0.6) is 5.75 Å². The molecule has 1 saturated carbocycles. The zero-order chi connectivity index (χ0) is 17.3. The summed E-state index contributed by atoms with van der Waals surface area (Å²) in [5, 5.41) is -0.0515. The smallest absolute Gasteiger partial charge is 0.236 e. The van der Waals surface area contributed by atoms with Crippen molar-refractivity contribution in [3.8, 4) is 5.75 Å². The first kappa shape index (κ1) is 17.1. The van der Waals surface area contributed by atoms with Gasteiger partial charge in [-0.15, -0.1) is 11.8 Å². The second kappa shape index (κ2) is 7.05. The molecule has 6 heteroatoms. The van der Waals surface area contributed by atoms with E-state index in [0.717, 1.165) is 24.2 Å². The van der Waals surface area contributed by atoms with Crippen LogP contribution in [0.15, 0.2) is 24.3 Å². The topological polar surface area (TPSA) is 49.9 Å². The summed E-state index contributed by atoms with van der Waals surface area (Å²) < 4.78 is 5.20. The fraction of sp³-hybridized carbons (Fsp3) is 0.556. The number of thioether (sulfide) groups is 1. The maximum absolute atomic E-state index is 12.5. The van der Waals surface area contributed by atoms with Crippen LogP contribution in [0.3, 0.4) is 0 Å². The molecular weight excluding hydrogens is 324 g/mol. The molecule has 2 fully saturated rings. The van der Waals surface area contributed by atoms with Gasteiger partial charge in [-0.1, -0.05) is 12.1 Å². The van der Waals surface area contributed by atoms with Gasteiger partial charge in [-0.2, -0.15) is 0 Å². The maximum atomic E-state index is 12.5. The Hall–Kier alpha value is -1.69. The summed E-state index contributed by atoms with van der Waals surface area (Å²) in [5.41, 5.74) is 1.09. The lowest BCUT2D eigenvalue weighted by Crippen LogP contribution is -2.39. The van der Waals surface area contributed by atoms with Gasteiger partial charge in [-0.3, -0.25) is 9.59 Å². The second-order valence-electron chi connectivity index (χ2n) is 6.47. The lowest BCUT2D eigenvalue weighted by atomic mass is 10.2. The van der Waals surface area contributed by atoms with E-state index in [2.05, 4.69) is 0 Å². The zero-order valence-corrected chi connectivity index (χ0v) is 15.2. The van der Waals surface area contributed by atoms with Crippen molar-refractivity contribution in [1.29, 1.82) is 0 Å². The molecule has 2 aliphatic rings. The van der Waals surface area contributed by atoms with Gasteiger partial charge in [-0.25, -0.2) is 0 Å². The minimum Gasteiger partial charge on any atom is -0.497 e. The molecular formula is C18H24N2O3S. The molecule has 1 aromatic rings. The van der Waals surface area contributed by atoms with Crippen molar-refractivity contribution < 1.29 is 14.3 Å². The maximum Gasteiger partial charge on any atom is 0.236 e. The molecule has 1 aliphatic carbocycles. The number of nitrogens with zero attached hydrogens (tertiary/aromatic N) is 2. The third kappa shape index (κ3) is 3.53. The second-order valence-corrected chi connectivity index (χ2v) is 7.90. The molecule has 0 bridgehead atoms.